The first-order valence-electron chi connectivity index (χ1n) is 9.97. The van der Waals surface area contributed by atoms with Crippen LogP contribution in [0, 0.1) is 0 Å². The summed E-state index contributed by atoms with van der Waals surface area (Å²) in [6.07, 6.45) is 4.82. The maximum absolute atomic E-state index is 13.7. The molecule has 3 heterocycles. The molecule has 4 rings (SSSR count). The Kier molecular flexibility index (Phi) is 5.03. The molecule has 0 spiro atoms. The van der Waals surface area contributed by atoms with Crippen LogP contribution in [0.2, 0.25) is 0 Å². The predicted molar refractivity (Wildman–Crippen MR) is 96.5 cm³/mol. The Morgan fingerprint density at radius 2 is 1.92 bits per heavy atom. The Bertz CT molecular complexity index is 645. The fourth-order valence-electron chi connectivity index (χ4n) is 4.75. The zero-order valence-corrected chi connectivity index (χ0v) is 15.7. The lowest BCUT2D eigenvalue weighted by Crippen LogP contribution is -2.63. The molecule has 7 heteroatoms. The third-order valence-corrected chi connectivity index (χ3v) is 6.23. The zero-order chi connectivity index (χ0) is 18.1. The summed E-state index contributed by atoms with van der Waals surface area (Å²) in [4.78, 5) is 18.1. The summed E-state index contributed by atoms with van der Waals surface area (Å²) >= 11 is 0. The van der Waals surface area contributed by atoms with E-state index in [9.17, 15) is 9.90 Å². The minimum Gasteiger partial charge on any atom is -0.387 e. The van der Waals surface area contributed by atoms with Crippen molar-refractivity contribution in [1.82, 2.24) is 19.6 Å². The maximum atomic E-state index is 13.7. The zero-order valence-electron chi connectivity index (χ0n) is 15.7. The molecule has 1 aliphatic carbocycles. The van der Waals surface area contributed by atoms with Gasteiger partial charge in [0.2, 0.25) is 5.91 Å². The van der Waals surface area contributed by atoms with E-state index in [4.69, 9.17) is 4.74 Å². The number of aliphatic hydroxyl groups excluding tert-OH is 1. The van der Waals surface area contributed by atoms with Gasteiger partial charge in [-0.25, -0.2) is 0 Å². The average molecular weight is 362 g/mol. The highest BCUT2D eigenvalue weighted by Gasteiger charge is 2.47. The first kappa shape index (κ1) is 17.9. The number of fused-ring (bicyclic) bond motifs is 1. The number of aromatic nitrogens is 2. The first-order valence-corrected chi connectivity index (χ1v) is 9.97. The maximum Gasteiger partial charge on any atom is 0.243 e. The summed E-state index contributed by atoms with van der Waals surface area (Å²) in [5, 5.41) is 14.3. The molecule has 1 aromatic heterocycles. The Morgan fingerprint density at radius 1 is 1.19 bits per heavy atom. The topological polar surface area (TPSA) is 70.8 Å². The Labute approximate surface area is 154 Å². The standard InChI is InChI=1S/C19H30N4O3/c1-15(24)17-13-16-14-21(7-8-23(16)20-17)18(25)19(5-3-2-4-6-19)22-9-11-26-12-10-22/h13,15,24H,2-12,14H2,1H3/t15-/m0/s1. The molecule has 7 nitrogen and oxygen atoms in total. The number of carbonyl (C=O) groups excluding carboxylic acids is 1. The van der Waals surface area contributed by atoms with E-state index in [0.29, 0.717) is 25.3 Å². The molecule has 1 saturated carbocycles. The van der Waals surface area contributed by atoms with Crippen LogP contribution in [0.5, 0.6) is 0 Å². The van der Waals surface area contributed by atoms with Gasteiger partial charge in [-0.3, -0.25) is 14.4 Å². The molecular weight excluding hydrogens is 332 g/mol. The van der Waals surface area contributed by atoms with Crippen molar-refractivity contribution in [2.45, 2.75) is 63.8 Å². The molecule has 2 aliphatic heterocycles. The number of hydrogen-bond acceptors (Lipinski definition) is 5. The van der Waals surface area contributed by atoms with Crippen molar-refractivity contribution in [3.63, 3.8) is 0 Å². The molecule has 0 aromatic carbocycles. The van der Waals surface area contributed by atoms with Gasteiger partial charge in [0.1, 0.15) is 5.54 Å². The number of hydrogen-bond donors (Lipinski definition) is 1. The number of ether oxygens (including phenoxy) is 1. The lowest BCUT2D eigenvalue weighted by molar-refractivity contribution is -0.153. The van der Waals surface area contributed by atoms with Crippen LogP contribution in [-0.4, -0.2) is 69.0 Å². The summed E-state index contributed by atoms with van der Waals surface area (Å²) in [6.45, 7) is 6.86. The van der Waals surface area contributed by atoms with Gasteiger partial charge in [0.15, 0.2) is 0 Å². The van der Waals surface area contributed by atoms with Crippen LogP contribution in [0.3, 0.4) is 0 Å². The number of carbonyl (C=O) groups is 1. The van der Waals surface area contributed by atoms with Crippen molar-refractivity contribution in [2.75, 3.05) is 32.8 Å². The van der Waals surface area contributed by atoms with Crippen molar-refractivity contribution >= 4 is 5.91 Å². The molecule has 1 aromatic rings. The van der Waals surface area contributed by atoms with Gasteiger partial charge in [-0.05, 0) is 25.8 Å². The summed E-state index contributed by atoms with van der Waals surface area (Å²) in [5.74, 6) is 0.283. The van der Waals surface area contributed by atoms with Crippen molar-refractivity contribution in [2.24, 2.45) is 0 Å². The van der Waals surface area contributed by atoms with E-state index in [-0.39, 0.29) is 11.4 Å². The minimum atomic E-state index is -0.574. The number of nitrogens with zero attached hydrogens (tertiary/aromatic N) is 4. The molecule has 3 aliphatic rings. The number of aliphatic hydroxyl groups is 1. The third kappa shape index (κ3) is 3.17. The van der Waals surface area contributed by atoms with E-state index in [1.807, 2.05) is 15.6 Å². The number of amides is 1. The lowest BCUT2D eigenvalue weighted by atomic mass is 9.78. The Hall–Kier alpha value is -1.44. The molecule has 0 unspecified atom stereocenters. The van der Waals surface area contributed by atoms with Gasteiger partial charge < -0.3 is 14.7 Å². The Morgan fingerprint density at radius 3 is 2.62 bits per heavy atom. The Balaban J connectivity index is 1.56. The van der Waals surface area contributed by atoms with Crippen LogP contribution >= 0.6 is 0 Å². The first-order chi connectivity index (χ1) is 12.6. The van der Waals surface area contributed by atoms with Crippen LogP contribution in [0.15, 0.2) is 6.07 Å². The third-order valence-electron chi connectivity index (χ3n) is 6.23. The molecule has 2 fully saturated rings. The van der Waals surface area contributed by atoms with E-state index in [1.165, 1.54) is 6.42 Å². The number of morpholine rings is 1. The van der Waals surface area contributed by atoms with Crippen molar-refractivity contribution in [3.8, 4) is 0 Å². The molecule has 1 N–H and O–H groups in total. The van der Waals surface area contributed by atoms with Crippen LogP contribution in [0.4, 0.5) is 0 Å². The van der Waals surface area contributed by atoms with Gasteiger partial charge in [0.25, 0.3) is 0 Å². The summed E-state index contributed by atoms with van der Waals surface area (Å²) in [5.41, 5.74) is 1.36. The highest BCUT2D eigenvalue weighted by molar-refractivity contribution is 5.86. The fraction of sp³-hybridized carbons (Fsp3) is 0.789. The second-order valence-corrected chi connectivity index (χ2v) is 7.88. The van der Waals surface area contributed by atoms with Crippen LogP contribution in [0.1, 0.15) is 56.5 Å². The predicted octanol–water partition coefficient (Wildman–Crippen LogP) is 1.31. The smallest absolute Gasteiger partial charge is 0.243 e. The van der Waals surface area contributed by atoms with E-state index < -0.39 is 6.10 Å². The molecule has 1 amide bonds. The van der Waals surface area contributed by atoms with E-state index in [1.54, 1.807) is 6.92 Å². The molecular formula is C19H30N4O3. The number of rotatable bonds is 3. The molecule has 1 saturated heterocycles. The van der Waals surface area contributed by atoms with Gasteiger partial charge in [0, 0.05) is 19.6 Å². The summed E-state index contributed by atoms with van der Waals surface area (Å²) in [6, 6.07) is 1.94. The fourth-order valence-corrected chi connectivity index (χ4v) is 4.75. The monoisotopic (exact) mass is 362 g/mol. The molecule has 0 radical (unpaired) electrons. The van der Waals surface area contributed by atoms with Gasteiger partial charge in [-0.1, -0.05) is 19.3 Å². The van der Waals surface area contributed by atoms with E-state index in [2.05, 4.69) is 10.00 Å². The summed E-state index contributed by atoms with van der Waals surface area (Å²) < 4.78 is 7.47. The van der Waals surface area contributed by atoms with Crippen LogP contribution in [0.25, 0.3) is 0 Å². The lowest BCUT2D eigenvalue weighted by Gasteiger charge is -2.49. The van der Waals surface area contributed by atoms with E-state index >= 15 is 0 Å². The van der Waals surface area contributed by atoms with Gasteiger partial charge in [0.05, 0.1) is 43.8 Å². The van der Waals surface area contributed by atoms with Gasteiger partial charge >= 0.3 is 0 Å². The molecule has 1 atom stereocenters. The largest absolute Gasteiger partial charge is 0.387 e. The minimum absolute atomic E-state index is 0.283. The normalized spacial score (nSPS) is 24.9. The van der Waals surface area contributed by atoms with Crippen LogP contribution < -0.4 is 0 Å². The molecule has 144 valence electrons. The highest BCUT2D eigenvalue weighted by Crippen LogP contribution is 2.37. The summed E-state index contributed by atoms with van der Waals surface area (Å²) in [7, 11) is 0. The molecule has 26 heavy (non-hydrogen) atoms. The second kappa shape index (κ2) is 7.29. The highest BCUT2D eigenvalue weighted by atomic mass is 16.5. The average Bonchev–Trinajstić information content (AvgIpc) is 3.12. The quantitative estimate of drug-likeness (QED) is 0.878. The van der Waals surface area contributed by atoms with Crippen molar-refractivity contribution in [3.05, 3.63) is 17.5 Å². The van der Waals surface area contributed by atoms with Crippen molar-refractivity contribution < 1.29 is 14.6 Å². The van der Waals surface area contributed by atoms with Crippen LogP contribution in [-0.2, 0) is 22.6 Å². The van der Waals surface area contributed by atoms with Crippen molar-refractivity contribution in [1.29, 1.82) is 0 Å². The van der Waals surface area contributed by atoms with Gasteiger partial charge in [-0.2, -0.15) is 5.10 Å². The van der Waals surface area contributed by atoms with Gasteiger partial charge in [-0.15, -0.1) is 0 Å². The second-order valence-electron chi connectivity index (χ2n) is 7.88. The molecule has 0 bridgehead atoms. The SMILES string of the molecule is C[C@H](O)c1cc2n(n1)CCN(C(=O)C1(N3CCOCC3)CCCCC1)C2. The van der Waals surface area contributed by atoms with E-state index in [0.717, 1.165) is 57.7 Å².